The van der Waals surface area contributed by atoms with E-state index in [9.17, 15) is 40.6 Å². The second kappa shape index (κ2) is 18.2. The molecule has 4 atom stereocenters. The Morgan fingerprint density at radius 1 is 0.958 bits per heavy atom. The number of ether oxygens (including phenoxy) is 1. The minimum atomic E-state index is -5.08. The molecule has 0 saturated carbocycles. The van der Waals surface area contributed by atoms with Gasteiger partial charge in [-0.05, 0) is 49.9 Å². The van der Waals surface area contributed by atoms with E-state index in [1.165, 1.54) is 17.7 Å². The van der Waals surface area contributed by atoms with Crippen molar-refractivity contribution in [2.75, 3.05) is 19.7 Å². The molecule has 3 rings (SSSR count). The fraction of sp³-hybridized carbons (Fsp3) is 0.500. The first-order chi connectivity index (χ1) is 21.9. The van der Waals surface area contributed by atoms with Crippen molar-refractivity contribution in [2.45, 2.75) is 70.2 Å². The maximum Gasteiger partial charge on any atom is 0.490 e. The molecule has 0 bridgehead atoms. The van der Waals surface area contributed by atoms with E-state index in [1.54, 1.807) is 6.92 Å². The lowest BCUT2D eigenvalue weighted by Crippen LogP contribution is -2.55. The zero-order valence-electron chi connectivity index (χ0n) is 25.9. The van der Waals surface area contributed by atoms with Gasteiger partial charge < -0.3 is 30.5 Å². The van der Waals surface area contributed by atoms with Crippen LogP contribution in [-0.2, 0) is 27.3 Å². The Kier molecular flexibility index (Phi) is 16.1. The van der Waals surface area contributed by atoms with E-state index in [4.69, 9.17) is 41.2 Å². The third kappa shape index (κ3) is 16.0. The molecule has 1 fully saturated rings. The van der Waals surface area contributed by atoms with Crippen LogP contribution >= 0.6 is 11.6 Å². The van der Waals surface area contributed by atoms with Crippen LogP contribution in [0.3, 0.4) is 0 Å². The molecule has 1 unspecified atom stereocenters. The van der Waals surface area contributed by atoms with Crippen molar-refractivity contribution in [3.63, 3.8) is 0 Å². The molecule has 1 saturated heterocycles. The van der Waals surface area contributed by atoms with Gasteiger partial charge in [0.05, 0.1) is 6.42 Å². The Morgan fingerprint density at radius 3 is 1.96 bits per heavy atom. The predicted octanol–water partition coefficient (Wildman–Crippen LogP) is 5.39. The maximum absolute atomic E-state index is 13.6. The van der Waals surface area contributed by atoms with Gasteiger partial charge in [0.15, 0.2) is 0 Å². The first kappa shape index (κ1) is 42.4. The van der Waals surface area contributed by atoms with E-state index in [-0.39, 0.29) is 24.8 Å². The van der Waals surface area contributed by atoms with E-state index in [2.05, 4.69) is 36.2 Å². The quantitative estimate of drug-likeness (QED) is 0.202. The molecule has 0 radical (unpaired) electrons. The van der Waals surface area contributed by atoms with Crippen LogP contribution in [0, 0.1) is 11.7 Å². The van der Waals surface area contributed by atoms with Crippen LogP contribution < -0.4 is 10.1 Å². The highest BCUT2D eigenvalue weighted by Crippen LogP contribution is 2.26. The van der Waals surface area contributed by atoms with Crippen molar-refractivity contribution in [1.29, 1.82) is 0 Å². The van der Waals surface area contributed by atoms with Gasteiger partial charge in [-0.3, -0.25) is 9.69 Å². The number of halogens is 8. The average molecular weight is 721 g/mol. The Morgan fingerprint density at radius 2 is 1.48 bits per heavy atom. The minimum Gasteiger partial charge on any atom is -0.490 e. The van der Waals surface area contributed by atoms with Gasteiger partial charge in [-0.1, -0.05) is 36.7 Å². The fourth-order valence-corrected chi connectivity index (χ4v) is 4.49. The summed E-state index contributed by atoms with van der Waals surface area (Å²) in [6.07, 6.45) is -9.50. The van der Waals surface area contributed by atoms with Crippen LogP contribution in [0.1, 0.15) is 38.3 Å². The molecule has 1 aliphatic heterocycles. The molecule has 1 aliphatic rings. The molecular weight excluding hydrogens is 685 g/mol. The number of hydrogen-bond donors (Lipinski definition) is 5. The van der Waals surface area contributed by atoms with Gasteiger partial charge in [-0.25, -0.2) is 14.0 Å². The number of piperidine rings is 1. The molecule has 48 heavy (non-hydrogen) atoms. The molecule has 2 aromatic carbocycles. The Hall–Kier alpha value is -3.67. The number of nitrogens with one attached hydrogen (secondary N) is 1. The number of carboxylic acids is 3. The number of alkyl halides is 6. The summed E-state index contributed by atoms with van der Waals surface area (Å²) in [5.41, 5.74) is 0.388. The predicted molar refractivity (Wildman–Crippen MR) is 158 cm³/mol. The molecule has 1 heterocycles. The third-order valence-corrected chi connectivity index (χ3v) is 7.12. The Labute approximate surface area is 276 Å². The molecule has 2 aromatic rings. The van der Waals surface area contributed by atoms with Crippen molar-refractivity contribution in [3.05, 3.63) is 64.4 Å². The highest BCUT2D eigenvalue weighted by Gasteiger charge is 2.39. The van der Waals surface area contributed by atoms with Crippen LogP contribution in [0.4, 0.5) is 30.7 Å². The van der Waals surface area contributed by atoms with Crippen LogP contribution in [0.5, 0.6) is 5.75 Å². The van der Waals surface area contributed by atoms with E-state index >= 15 is 0 Å². The topological polar surface area (TPSA) is 157 Å². The number of benzene rings is 2. The Balaban J connectivity index is 0.000000687. The van der Waals surface area contributed by atoms with Crippen LogP contribution in [0.2, 0.25) is 5.02 Å². The van der Waals surface area contributed by atoms with E-state index in [0.29, 0.717) is 24.1 Å². The SMILES string of the molecule is C[C@@H]1CN(Cc2ccc(Cl)cc2)[C@@H](C)C[C@@H]1NCC(C)(O)COc1cc(F)ccc1CC(=O)O.O=C(O)C(F)(F)F.O=C(O)C(F)(F)F. The van der Waals surface area contributed by atoms with E-state index in [1.807, 2.05) is 12.1 Å². The largest absolute Gasteiger partial charge is 0.490 e. The zero-order valence-corrected chi connectivity index (χ0v) is 26.7. The van der Waals surface area contributed by atoms with Gasteiger partial charge in [-0.15, -0.1) is 0 Å². The molecule has 18 heteroatoms. The lowest BCUT2D eigenvalue weighted by molar-refractivity contribution is -0.193. The Bertz CT molecular complexity index is 1330. The molecule has 0 aromatic heterocycles. The lowest BCUT2D eigenvalue weighted by atomic mass is 9.88. The monoisotopic (exact) mass is 720 g/mol. The lowest BCUT2D eigenvalue weighted by Gasteiger charge is -2.43. The maximum atomic E-state index is 13.6. The summed E-state index contributed by atoms with van der Waals surface area (Å²) in [7, 11) is 0. The second-order valence-corrected chi connectivity index (χ2v) is 11.8. The number of hydrogen-bond acceptors (Lipinski definition) is 7. The van der Waals surface area contributed by atoms with Gasteiger partial charge in [0.2, 0.25) is 0 Å². The number of likely N-dealkylation sites (tertiary alicyclic amines) is 1. The molecule has 5 N–H and O–H groups in total. The highest BCUT2D eigenvalue weighted by molar-refractivity contribution is 6.30. The zero-order chi connectivity index (χ0) is 37.0. The van der Waals surface area contributed by atoms with Gasteiger partial charge in [-0.2, -0.15) is 26.3 Å². The summed E-state index contributed by atoms with van der Waals surface area (Å²) in [4.78, 5) is 31.3. The van der Waals surface area contributed by atoms with Crippen molar-refractivity contribution >= 4 is 29.5 Å². The summed E-state index contributed by atoms with van der Waals surface area (Å²) >= 11 is 6.00. The second-order valence-electron chi connectivity index (χ2n) is 11.3. The number of carbonyl (C=O) groups is 3. The van der Waals surface area contributed by atoms with Crippen LogP contribution in [0.25, 0.3) is 0 Å². The normalized spacial score (nSPS) is 19.5. The van der Waals surface area contributed by atoms with Crippen LogP contribution in [-0.4, -0.2) is 93.0 Å². The van der Waals surface area contributed by atoms with Crippen molar-refractivity contribution in [1.82, 2.24) is 10.2 Å². The standard InChI is InChI=1S/C26H34ClFN2O4.2C2HF3O2/c1-17-13-30(14-19-4-7-21(27)8-5-19)18(2)10-23(17)29-15-26(3,33)16-34-24-12-22(28)9-6-20(24)11-25(31)32;2*3-2(4,5)1(6)7/h4-9,12,17-18,23,29,33H,10-11,13-16H2,1-3H3,(H,31,32);2*(H,6,7)/t17-,18+,23+,26?;;/m1../s1. The minimum absolute atomic E-state index is 0.0879. The van der Waals surface area contributed by atoms with Gasteiger partial charge in [0.25, 0.3) is 0 Å². The third-order valence-electron chi connectivity index (χ3n) is 6.87. The first-order valence-corrected chi connectivity index (χ1v) is 14.5. The summed E-state index contributed by atoms with van der Waals surface area (Å²) in [6, 6.07) is 12.3. The number of rotatable bonds is 10. The summed E-state index contributed by atoms with van der Waals surface area (Å²) in [5, 5.41) is 38.4. The summed E-state index contributed by atoms with van der Waals surface area (Å²) in [5.74, 6) is -6.55. The molecule has 10 nitrogen and oxygen atoms in total. The van der Waals surface area contributed by atoms with Crippen molar-refractivity contribution < 1.29 is 70.3 Å². The van der Waals surface area contributed by atoms with Crippen molar-refractivity contribution in [3.8, 4) is 5.75 Å². The van der Waals surface area contributed by atoms with E-state index < -0.39 is 41.7 Å². The molecule has 0 aliphatic carbocycles. The highest BCUT2D eigenvalue weighted by atomic mass is 35.5. The average Bonchev–Trinajstić information content (AvgIpc) is 2.95. The van der Waals surface area contributed by atoms with Gasteiger partial charge in [0.1, 0.15) is 23.8 Å². The van der Waals surface area contributed by atoms with E-state index in [0.717, 1.165) is 30.6 Å². The number of carboxylic acid groups (broad SMARTS) is 3. The summed E-state index contributed by atoms with van der Waals surface area (Å²) < 4.78 is 82.8. The molecule has 0 spiro atoms. The molecule has 270 valence electrons. The summed E-state index contributed by atoms with van der Waals surface area (Å²) in [6.45, 7) is 8.08. The number of nitrogens with zero attached hydrogens (tertiary/aromatic N) is 1. The first-order valence-electron chi connectivity index (χ1n) is 14.1. The number of aliphatic carboxylic acids is 3. The van der Waals surface area contributed by atoms with Gasteiger partial charge >= 0.3 is 30.3 Å². The smallest absolute Gasteiger partial charge is 0.490 e. The van der Waals surface area contributed by atoms with Gasteiger partial charge in [0, 0.05) is 48.4 Å². The molecule has 0 amide bonds. The molecular formula is C30H36ClF7N2O8. The van der Waals surface area contributed by atoms with Crippen LogP contribution in [0.15, 0.2) is 42.5 Å². The van der Waals surface area contributed by atoms with Crippen molar-refractivity contribution in [2.24, 2.45) is 5.92 Å². The number of aliphatic hydroxyl groups is 1. The fourth-order valence-electron chi connectivity index (χ4n) is 4.36.